The molecule has 3 rings (SSSR count). The summed E-state index contributed by atoms with van der Waals surface area (Å²) in [6, 6.07) is 13.8. The van der Waals surface area contributed by atoms with Crippen LogP contribution in [0.15, 0.2) is 59.2 Å². The van der Waals surface area contributed by atoms with Crippen LogP contribution >= 0.6 is 15.9 Å². The number of carbonyl (C=O) groups excluding carboxylic acids is 1. The van der Waals surface area contributed by atoms with Crippen molar-refractivity contribution in [2.24, 2.45) is 0 Å². The van der Waals surface area contributed by atoms with E-state index in [1.165, 1.54) is 12.1 Å². The first-order chi connectivity index (χ1) is 11.0. The molecule has 0 fully saturated rings. The molecule has 1 heterocycles. The highest BCUT2D eigenvalue weighted by atomic mass is 79.9. The molecule has 1 unspecified atom stereocenters. The Morgan fingerprint density at radius 2 is 2.00 bits per heavy atom. The van der Waals surface area contributed by atoms with E-state index in [1.54, 1.807) is 19.2 Å². The Labute approximate surface area is 141 Å². The monoisotopic (exact) mass is 373 g/mol. The molecule has 2 aromatic carbocycles. The minimum absolute atomic E-state index is 0.0891. The van der Waals surface area contributed by atoms with Crippen LogP contribution in [-0.2, 0) is 4.74 Å². The summed E-state index contributed by atoms with van der Waals surface area (Å²) in [4.78, 5) is 16.5. The van der Waals surface area contributed by atoms with Crippen molar-refractivity contribution >= 4 is 32.8 Å². The van der Waals surface area contributed by atoms with Gasteiger partial charge in [-0.3, -0.25) is 4.98 Å². The number of hydrogen-bond donors (Lipinski definition) is 0. The van der Waals surface area contributed by atoms with Crippen molar-refractivity contribution in [2.75, 3.05) is 0 Å². The lowest BCUT2D eigenvalue weighted by Gasteiger charge is -2.14. The summed E-state index contributed by atoms with van der Waals surface area (Å²) in [6.45, 7) is 1.74. The third-order valence-electron chi connectivity index (χ3n) is 3.52. The zero-order valence-electron chi connectivity index (χ0n) is 12.3. The predicted molar refractivity (Wildman–Crippen MR) is 89.7 cm³/mol. The van der Waals surface area contributed by atoms with Gasteiger partial charge >= 0.3 is 5.97 Å². The van der Waals surface area contributed by atoms with Gasteiger partial charge in [-0.1, -0.05) is 34.1 Å². The van der Waals surface area contributed by atoms with E-state index in [-0.39, 0.29) is 5.56 Å². The number of aromatic nitrogens is 1. The van der Waals surface area contributed by atoms with Crippen molar-refractivity contribution < 1.29 is 13.9 Å². The summed E-state index contributed by atoms with van der Waals surface area (Å²) >= 11 is 3.16. The predicted octanol–water partition coefficient (Wildman–Crippen LogP) is 5.05. The van der Waals surface area contributed by atoms with Gasteiger partial charge < -0.3 is 4.74 Å². The molecule has 116 valence electrons. The van der Waals surface area contributed by atoms with Crippen LogP contribution in [0.3, 0.4) is 0 Å². The molecule has 3 nitrogen and oxygen atoms in total. The lowest BCUT2D eigenvalue weighted by atomic mass is 10.1. The molecule has 0 aliphatic heterocycles. The van der Waals surface area contributed by atoms with Gasteiger partial charge in [-0.05, 0) is 37.3 Å². The highest BCUT2D eigenvalue weighted by Crippen LogP contribution is 2.23. The average molecular weight is 374 g/mol. The number of nitrogens with zero attached hydrogens (tertiary/aromatic N) is 1. The fourth-order valence-electron chi connectivity index (χ4n) is 2.26. The Morgan fingerprint density at radius 1 is 1.22 bits per heavy atom. The summed E-state index contributed by atoms with van der Waals surface area (Å²) < 4.78 is 19.7. The zero-order valence-corrected chi connectivity index (χ0v) is 13.9. The highest BCUT2D eigenvalue weighted by molar-refractivity contribution is 9.10. The molecule has 0 amide bonds. The Kier molecular flexibility index (Phi) is 4.39. The fourth-order valence-corrected chi connectivity index (χ4v) is 2.59. The van der Waals surface area contributed by atoms with Crippen LogP contribution in [0, 0.1) is 5.82 Å². The van der Waals surface area contributed by atoms with Crippen molar-refractivity contribution in [3.63, 3.8) is 0 Å². The third-order valence-corrected chi connectivity index (χ3v) is 4.01. The molecular weight excluding hydrogens is 361 g/mol. The molecule has 3 aromatic rings. The maximum atomic E-state index is 13.8. The molecule has 1 aromatic heterocycles. The van der Waals surface area contributed by atoms with Crippen molar-refractivity contribution in [1.82, 2.24) is 4.98 Å². The van der Waals surface area contributed by atoms with Gasteiger partial charge in [-0.15, -0.1) is 0 Å². The van der Waals surface area contributed by atoms with Gasteiger partial charge in [0.25, 0.3) is 0 Å². The van der Waals surface area contributed by atoms with Gasteiger partial charge in [0.1, 0.15) is 11.9 Å². The van der Waals surface area contributed by atoms with Crippen molar-refractivity contribution in [3.8, 4) is 0 Å². The first-order valence-electron chi connectivity index (χ1n) is 7.05. The molecule has 0 aliphatic carbocycles. The first kappa shape index (κ1) is 15.6. The average Bonchev–Trinajstić information content (AvgIpc) is 2.54. The van der Waals surface area contributed by atoms with Gasteiger partial charge in [-0.2, -0.15) is 0 Å². The number of pyridine rings is 1. The molecule has 1 atom stereocenters. The highest BCUT2D eigenvalue weighted by Gasteiger charge is 2.18. The second kappa shape index (κ2) is 6.46. The molecule has 0 radical (unpaired) electrons. The van der Waals surface area contributed by atoms with Gasteiger partial charge in [0.05, 0.1) is 11.1 Å². The van der Waals surface area contributed by atoms with Crippen LogP contribution < -0.4 is 0 Å². The van der Waals surface area contributed by atoms with Gasteiger partial charge in [0.15, 0.2) is 0 Å². The van der Waals surface area contributed by atoms with Crippen LogP contribution in [0.25, 0.3) is 10.9 Å². The number of fused-ring (bicyclic) bond motifs is 1. The maximum absolute atomic E-state index is 13.8. The summed E-state index contributed by atoms with van der Waals surface area (Å²) in [5.41, 5.74) is 1.54. The zero-order chi connectivity index (χ0) is 16.4. The Morgan fingerprint density at radius 3 is 2.78 bits per heavy atom. The normalized spacial score (nSPS) is 12.1. The smallest absolute Gasteiger partial charge is 0.341 e. The molecular formula is C18H13BrFNO2. The molecule has 23 heavy (non-hydrogen) atoms. The second-order valence-electron chi connectivity index (χ2n) is 5.13. The lowest BCUT2D eigenvalue weighted by Crippen LogP contribution is -2.11. The van der Waals surface area contributed by atoms with Crippen molar-refractivity contribution in [3.05, 3.63) is 76.1 Å². The Balaban J connectivity index is 1.82. The number of rotatable bonds is 3. The lowest BCUT2D eigenvalue weighted by molar-refractivity contribution is 0.0332. The quantitative estimate of drug-likeness (QED) is 0.602. The SMILES string of the molecule is CC(OC(=O)c1ccc(Br)cc1F)c1cnc2ccccc2c1. The number of esters is 1. The van der Waals surface area contributed by atoms with Gasteiger partial charge in [0, 0.05) is 21.6 Å². The van der Waals surface area contributed by atoms with Crippen molar-refractivity contribution in [1.29, 1.82) is 0 Å². The third kappa shape index (κ3) is 3.40. The minimum Gasteiger partial charge on any atom is -0.454 e. The Bertz CT molecular complexity index is 882. The summed E-state index contributed by atoms with van der Waals surface area (Å²) in [7, 11) is 0. The van der Waals surface area contributed by atoms with Crippen LogP contribution in [0.5, 0.6) is 0 Å². The number of hydrogen-bond acceptors (Lipinski definition) is 3. The van der Waals surface area contributed by atoms with Gasteiger partial charge in [-0.25, -0.2) is 9.18 Å². The minimum atomic E-state index is -0.698. The summed E-state index contributed by atoms with van der Waals surface area (Å²) in [5, 5.41) is 0.961. The molecule has 0 aliphatic rings. The largest absolute Gasteiger partial charge is 0.454 e. The standard InChI is InChI=1S/C18H13BrFNO2/c1-11(13-8-12-4-2-3-5-17(12)21-10-13)23-18(22)15-7-6-14(19)9-16(15)20/h2-11H,1H3. The number of carbonyl (C=O) groups is 1. The van der Waals surface area contributed by atoms with E-state index in [1.807, 2.05) is 30.3 Å². The summed E-state index contributed by atoms with van der Waals surface area (Å²) in [5.74, 6) is -1.32. The number of halogens is 2. The van der Waals surface area contributed by atoms with E-state index >= 15 is 0 Å². The van der Waals surface area contributed by atoms with E-state index in [9.17, 15) is 9.18 Å². The van der Waals surface area contributed by atoms with E-state index in [0.29, 0.717) is 4.47 Å². The molecule has 0 saturated carbocycles. The first-order valence-corrected chi connectivity index (χ1v) is 7.84. The van der Waals surface area contributed by atoms with E-state index in [4.69, 9.17) is 4.74 Å². The van der Waals surface area contributed by atoms with Crippen molar-refractivity contribution in [2.45, 2.75) is 13.0 Å². The fraction of sp³-hybridized carbons (Fsp3) is 0.111. The molecule has 0 bridgehead atoms. The van der Waals surface area contributed by atoms with E-state index in [2.05, 4.69) is 20.9 Å². The molecule has 5 heteroatoms. The summed E-state index contributed by atoms with van der Waals surface area (Å²) in [6.07, 6.45) is 1.14. The maximum Gasteiger partial charge on any atom is 0.341 e. The number of ether oxygens (including phenoxy) is 1. The van der Waals surface area contributed by atoms with E-state index in [0.717, 1.165) is 16.5 Å². The van der Waals surface area contributed by atoms with Crippen LogP contribution in [0.1, 0.15) is 28.9 Å². The molecule has 0 saturated heterocycles. The molecule has 0 N–H and O–H groups in total. The van der Waals surface area contributed by atoms with Gasteiger partial charge in [0.2, 0.25) is 0 Å². The van der Waals surface area contributed by atoms with E-state index < -0.39 is 17.9 Å². The number of benzene rings is 2. The van der Waals surface area contributed by atoms with Crippen LogP contribution in [0.4, 0.5) is 4.39 Å². The van der Waals surface area contributed by atoms with Crippen LogP contribution in [-0.4, -0.2) is 11.0 Å². The topological polar surface area (TPSA) is 39.2 Å². The number of para-hydroxylation sites is 1. The second-order valence-corrected chi connectivity index (χ2v) is 6.05. The molecule has 0 spiro atoms. The Hall–Kier alpha value is -2.27. The van der Waals surface area contributed by atoms with Crippen LogP contribution in [0.2, 0.25) is 0 Å².